The summed E-state index contributed by atoms with van der Waals surface area (Å²) in [5, 5.41) is 3.28. The van der Waals surface area contributed by atoms with Crippen LogP contribution in [-0.2, 0) is 24.7 Å². The molecule has 0 bridgehead atoms. The minimum atomic E-state index is -0.181. The molecule has 7 nitrogen and oxygen atoms in total. The Morgan fingerprint density at radius 2 is 1.90 bits per heavy atom. The van der Waals surface area contributed by atoms with Gasteiger partial charge in [0, 0.05) is 32.4 Å². The molecule has 3 aromatic rings. The van der Waals surface area contributed by atoms with E-state index >= 15 is 0 Å². The van der Waals surface area contributed by atoms with E-state index in [2.05, 4.69) is 22.2 Å². The van der Waals surface area contributed by atoms with E-state index < -0.39 is 0 Å². The summed E-state index contributed by atoms with van der Waals surface area (Å²) in [6.07, 6.45) is 0.990. The Hall–Kier alpha value is -2.64. The van der Waals surface area contributed by atoms with Gasteiger partial charge in [-0.1, -0.05) is 30.3 Å². The van der Waals surface area contributed by atoms with E-state index in [0.29, 0.717) is 30.7 Å². The molecular formula is C21H28ClN5O2. The zero-order valence-electron chi connectivity index (χ0n) is 17.1. The normalized spacial score (nSPS) is 10.8. The molecule has 0 aliphatic carbocycles. The third kappa shape index (κ3) is 4.86. The number of aromatic nitrogens is 3. The number of nitrogens with one attached hydrogen (secondary N) is 1. The minimum absolute atomic E-state index is 0. The lowest BCUT2D eigenvalue weighted by molar-refractivity contribution is -0.130. The van der Waals surface area contributed by atoms with Crippen molar-refractivity contribution in [1.82, 2.24) is 19.7 Å². The SMILES string of the molecule is Cc1nc2c(c(C)c1CC(=O)N(CCN)CCc1ccccc1)c(=O)[nH]n2C.Cl. The van der Waals surface area contributed by atoms with Crippen molar-refractivity contribution < 1.29 is 4.79 Å². The Labute approximate surface area is 176 Å². The molecule has 3 rings (SSSR count). The molecule has 0 spiro atoms. The minimum Gasteiger partial charge on any atom is -0.341 e. The molecule has 3 N–H and O–H groups in total. The third-order valence-electron chi connectivity index (χ3n) is 5.17. The Kier molecular flexibility index (Phi) is 7.59. The first kappa shape index (κ1) is 22.6. The van der Waals surface area contributed by atoms with Crippen LogP contribution in [-0.4, -0.2) is 45.2 Å². The first-order valence-corrected chi connectivity index (χ1v) is 9.49. The summed E-state index contributed by atoms with van der Waals surface area (Å²) in [5.74, 6) is 0.00101. The Bertz CT molecular complexity index is 1040. The number of hydrogen-bond donors (Lipinski definition) is 2. The van der Waals surface area contributed by atoms with Crippen LogP contribution in [0.2, 0.25) is 0 Å². The van der Waals surface area contributed by atoms with Gasteiger partial charge in [-0.15, -0.1) is 12.4 Å². The quantitative estimate of drug-likeness (QED) is 0.613. The van der Waals surface area contributed by atoms with Crippen molar-refractivity contribution in [3.63, 3.8) is 0 Å². The van der Waals surface area contributed by atoms with Gasteiger partial charge >= 0.3 is 0 Å². The monoisotopic (exact) mass is 417 g/mol. The van der Waals surface area contributed by atoms with Gasteiger partial charge in [-0.2, -0.15) is 0 Å². The number of H-pyrrole nitrogens is 1. The van der Waals surface area contributed by atoms with E-state index in [4.69, 9.17) is 5.73 Å². The summed E-state index contributed by atoms with van der Waals surface area (Å²) >= 11 is 0. The smallest absolute Gasteiger partial charge is 0.273 e. The number of fused-ring (bicyclic) bond motifs is 1. The van der Waals surface area contributed by atoms with E-state index in [1.807, 2.05) is 32.0 Å². The molecule has 2 aromatic heterocycles. The molecular weight excluding hydrogens is 390 g/mol. The van der Waals surface area contributed by atoms with Crippen molar-refractivity contribution in [1.29, 1.82) is 0 Å². The van der Waals surface area contributed by atoms with Gasteiger partial charge < -0.3 is 10.6 Å². The summed E-state index contributed by atoms with van der Waals surface area (Å²) in [4.78, 5) is 31.6. The molecule has 1 aromatic carbocycles. The number of aryl methyl sites for hydroxylation is 3. The lowest BCUT2D eigenvalue weighted by Gasteiger charge is -2.23. The number of rotatable bonds is 7. The van der Waals surface area contributed by atoms with Crippen LogP contribution in [0.25, 0.3) is 11.0 Å². The maximum Gasteiger partial charge on any atom is 0.273 e. The number of nitrogens with zero attached hydrogens (tertiary/aromatic N) is 3. The molecule has 0 saturated carbocycles. The molecule has 156 valence electrons. The van der Waals surface area contributed by atoms with E-state index in [-0.39, 0.29) is 30.3 Å². The predicted molar refractivity (Wildman–Crippen MR) is 118 cm³/mol. The van der Waals surface area contributed by atoms with Gasteiger partial charge in [0.1, 0.15) is 0 Å². The third-order valence-corrected chi connectivity index (χ3v) is 5.17. The Morgan fingerprint density at radius 3 is 2.55 bits per heavy atom. The van der Waals surface area contributed by atoms with Crippen LogP contribution in [0.15, 0.2) is 35.1 Å². The summed E-state index contributed by atoms with van der Waals surface area (Å²) in [6.45, 7) is 5.29. The van der Waals surface area contributed by atoms with E-state index in [0.717, 1.165) is 23.2 Å². The van der Waals surface area contributed by atoms with Crippen molar-refractivity contribution in [2.45, 2.75) is 26.7 Å². The van der Waals surface area contributed by atoms with Crippen molar-refractivity contribution in [3.05, 3.63) is 63.1 Å². The van der Waals surface area contributed by atoms with Crippen molar-refractivity contribution in [2.75, 3.05) is 19.6 Å². The number of carbonyl (C=O) groups excluding carboxylic acids is 1. The average molecular weight is 418 g/mol. The number of halogens is 1. The lowest BCUT2D eigenvalue weighted by Crippen LogP contribution is -2.38. The highest BCUT2D eigenvalue weighted by atomic mass is 35.5. The number of aromatic amines is 1. The maximum absolute atomic E-state index is 13.0. The molecule has 0 aliphatic heterocycles. The number of benzene rings is 1. The van der Waals surface area contributed by atoms with Gasteiger partial charge in [-0.3, -0.25) is 19.4 Å². The van der Waals surface area contributed by atoms with Gasteiger partial charge in [-0.25, -0.2) is 4.98 Å². The average Bonchev–Trinajstić information content (AvgIpc) is 2.96. The number of carbonyl (C=O) groups is 1. The van der Waals surface area contributed by atoms with E-state index in [9.17, 15) is 9.59 Å². The second-order valence-corrected chi connectivity index (χ2v) is 7.08. The topological polar surface area (TPSA) is 97.0 Å². The van der Waals surface area contributed by atoms with Gasteiger partial charge in [0.05, 0.1) is 11.8 Å². The Morgan fingerprint density at radius 1 is 1.21 bits per heavy atom. The van der Waals surface area contributed by atoms with Crippen LogP contribution in [0.1, 0.15) is 22.4 Å². The Balaban J connectivity index is 0.00000300. The zero-order valence-corrected chi connectivity index (χ0v) is 17.9. The maximum atomic E-state index is 13.0. The summed E-state index contributed by atoms with van der Waals surface area (Å²) in [6, 6.07) is 10.1. The van der Waals surface area contributed by atoms with Crippen molar-refractivity contribution in [2.24, 2.45) is 12.8 Å². The highest BCUT2D eigenvalue weighted by Gasteiger charge is 2.20. The molecule has 0 aliphatic rings. The van der Waals surface area contributed by atoms with Crippen molar-refractivity contribution in [3.8, 4) is 0 Å². The van der Waals surface area contributed by atoms with Crippen LogP contribution in [0.5, 0.6) is 0 Å². The highest BCUT2D eigenvalue weighted by molar-refractivity contribution is 5.85. The number of pyridine rings is 1. The van der Waals surface area contributed by atoms with Crippen LogP contribution in [0, 0.1) is 13.8 Å². The van der Waals surface area contributed by atoms with Crippen molar-refractivity contribution >= 4 is 29.3 Å². The van der Waals surface area contributed by atoms with E-state index in [1.54, 1.807) is 16.6 Å². The second kappa shape index (κ2) is 9.71. The van der Waals surface area contributed by atoms with Gasteiger partial charge in [0.15, 0.2) is 5.65 Å². The summed E-state index contributed by atoms with van der Waals surface area (Å²) < 4.78 is 1.61. The fraction of sp³-hybridized carbons (Fsp3) is 0.381. The fourth-order valence-electron chi connectivity index (χ4n) is 3.60. The van der Waals surface area contributed by atoms with E-state index in [1.165, 1.54) is 5.56 Å². The largest absolute Gasteiger partial charge is 0.341 e. The molecule has 0 unspecified atom stereocenters. The van der Waals surface area contributed by atoms with Crippen LogP contribution >= 0.6 is 12.4 Å². The highest BCUT2D eigenvalue weighted by Crippen LogP contribution is 2.21. The van der Waals surface area contributed by atoms with Crippen LogP contribution < -0.4 is 11.3 Å². The standard InChI is InChI=1S/C21H27N5O2.ClH/c1-14-17(15(2)23-20-19(14)21(28)24-25(20)3)13-18(27)26(12-10-22)11-9-16-7-5-4-6-8-16;/h4-8H,9-13,22H2,1-3H3,(H,24,28);1H. The number of nitrogens with two attached hydrogens (primary N) is 1. The number of amides is 1. The first-order chi connectivity index (χ1) is 13.4. The zero-order chi connectivity index (χ0) is 20.3. The second-order valence-electron chi connectivity index (χ2n) is 7.08. The first-order valence-electron chi connectivity index (χ1n) is 9.49. The molecule has 29 heavy (non-hydrogen) atoms. The van der Waals surface area contributed by atoms with Gasteiger partial charge in [0.25, 0.3) is 5.56 Å². The fourth-order valence-corrected chi connectivity index (χ4v) is 3.60. The predicted octanol–water partition coefficient (Wildman–Crippen LogP) is 1.87. The van der Waals surface area contributed by atoms with Gasteiger partial charge in [-0.05, 0) is 37.0 Å². The molecule has 0 fully saturated rings. The molecule has 2 heterocycles. The van der Waals surface area contributed by atoms with Crippen LogP contribution in [0.3, 0.4) is 0 Å². The molecule has 0 atom stereocenters. The van der Waals surface area contributed by atoms with Crippen LogP contribution in [0.4, 0.5) is 0 Å². The number of hydrogen-bond acceptors (Lipinski definition) is 4. The molecule has 8 heteroatoms. The summed E-state index contributed by atoms with van der Waals surface area (Å²) in [7, 11) is 1.76. The van der Waals surface area contributed by atoms with Gasteiger partial charge in [0.2, 0.25) is 5.91 Å². The molecule has 1 amide bonds. The summed E-state index contributed by atoms with van der Waals surface area (Å²) in [5.41, 5.74) is 9.74. The molecule has 0 saturated heterocycles. The molecule has 0 radical (unpaired) electrons. The lowest BCUT2D eigenvalue weighted by atomic mass is 10.0.